The second kappa shape index (κ2) is 1.92. The summed E-state index contributed by atoms with van der Waals surface area (Å²) in [5.41, 5.74) is 4.75. The van der Waals surface area contributed by atoms with Crippen LogP contribution in [0.4, 0.5) is 0 Å². The molecule has 0 radical (unpaired) electrons. The average Bonchev–Trinajstić information content (AvgIpc) is 1.36. The zero-order valence-electron chi connectivity index (χ0n) is 2.96. The summed E-state index contributed by atoms with van der Waals surface area (Å²) in [6.45, 7) is 0. The fourth-order valence-electron chi connectivity index (χ4n) is 0. The summed E-state index contributed by atoms with van der Waals surface area (Å²) < 4.78 is -0.0671. The van der Waals surface area contributed by atoms with E-state index in [4.69, 9.17) is 16.6 Å². The van der Waals surface area contributed by atoms with E-state index in [1.54, 1.807) is 0 Å². The van der Waals surface area contributed by atoms with Gasteiger partial charge in [0.2, 0.25) is 0 Å². The minimum Gasteiger partial charge on any atom is -0.382 e. The van der Waals surface area contributed by atoms with E-state index in [0.29, 0.717) is 0 Å². The summed E-state index contributed by atoms with van der Waals surface area (Å²) in [7, 11) is 0. The van der Waals surface area contributed by atoms with Crippen LogP contribution in [0.3, 0.4) is 0 Å². The molecule has 4 heteroatoms. The Balaban J connectivity index is 3.57. The Kier molecular flexibility index (Phi) is 1.80. The topological polar surface area (TPSA) is 73.7 Å². The molecule has 0 saturated carbocycles. The summed E-state index contributed by atoms with van der Waals surface area (Å²) in [6, 6.07) is 0. The second-order valence-electron chi connectivity index (χ2n) is 0.728. The van der Waals surface area contributed by atoms with Crippen LogP contribution in [0.2, 0.25) is 0 Å². The first-order chi connectivity index (χ1) is 2.64. The van der Waals surface area contributed by atoms with Gasteiger partial charge < -0.3 is 5.73 Å². The molecule has 0 unspecified atom stereocenters. The minimum atomic E-state index is -0.241. The van der Waals surface area contributed by atoms with Gasteiger partial charge in [-0.15, -0.1) is 0 Å². The van der Waals surface area contributed by atoms with Gasteiger partial charge in [-0.1, -0.05) is 0 Å². The highest BCUT2D eigenvalue weighted by Gasteiger charge is 1.87. The fourth-order valence-corrected chi connectivity index (χ4v) is 0. The molecule has 0 aliphatic heterocycles. The lowest BCUT2D eigenvalue weighted by Crippen LogP contribution is -2.15. The molecule has 6 heavy (non-hydrogen) atoms. The molecule has 4 N–H and O–H groups in total. The van der Waals surface area contributed by atoms with Crippen molar-refractivity contribution >= 4 is 26.4 Å². The van der Waals surface area contributed by atoms with E-state index in [-0.39, 0.29) is 10.5 Å². The maximum absolute atomic E-state index is 6.52. The summed E-state index contributed by atoms with van der Waals surface area (Å²) in [6.07, 6.45) is 0. The van der Waals surface area contributed by atoms with Crippen molar-refractivity contribution in [2.75, 3.05) is 0 Å². The Morgan fingerprint density at radius 3 is 1.67 bits per heavy atom. The molecule has 0 rings (SSSR count). The minimum absolute atomic E-state index is 0.0671. The van der Waals surface area contributed by atoms with Gasteiger partial charge in [0, 0.05) is 0 Å². The van der Waals surface area contributed by atoms with Crippen molar-refractivity contribution in [3.8, 4) is 0 Å². The van der Waals surface area contributed by atoms with Gasteiger partial charge in [0.25, 0.3) is 0 Å². The van der Waals surface area contributed by atoms with Gasteiger partial charge in [-0.25, -0.2) is 0 Å². The van der Waals surface area contributed by atoms with Crippen molar-refractivity contribution in [1.82, 2.24) is 0 Å². The lowest BCUT2D eigenvalue weighted by Gasteiger charge is -1.81. The van der Waals surface area contributed by atoms with Gasteiger partial charge in [-0.2, -0.15) is 0 Å². The zero-order chi connectivity index (χ0) is 5.15. The number of amidine groups is 1. The molecule has 0 fully saturated rings. The molecule has 0 heterocycles. The van der Waals surface area contributed by atoms with Crippen LogP contribution in [0.25, 0.3) is 0 Å². The second-order valence-corrected chi connectivity index (χ2v) is 1.52. The van der Waals surface area contributed by atoms with E-state index in [2.05, 4.69) is 15.9 Å². The first-order valence-corrected chi connectivity index (χ1v) is 2.02. The van der Waals surface area contributed by atoms with Gasteiger partial charge in [0.05, 0.1) is 0 Å². The van der Waals surface area contributed by atoms with Crippen molar-refractivity contribution in [3.63, 3.8) is 0 Å². The third-order valence-corrected chi connectivity index (χ3v) is 0.664. The summed E-state index contributed by atoms with van der Waals surface area (Å²) in [5, 5.41) is 13.0. The summed E-state index contributed by atoms with van der Waals surface area (Å²) in [4.78, 5) is 0. The van der Waals surface area contributed by atoms with Gasteiger partial charge in [-0.3, -0.25) is 10.8 Å². The first-order valence-electron chi connectivity index (χ1n) is 1.23. The van der Waals surface area contributed by atoms with Crippen LogP contribution >= 0.6 is 15.9 Å². The number of nitrogens with one attached hydrogen (secondary N) is 2. The standard InChI is InChI=1S/C2H4BrN3/c3-1(4)2(5)6/h4H,(H3,5,6). The van der Waals surface area contributed by atoms with Crippen LogP contribution in [-0.4, -0.2) is 10.5 Å². The Morgan fingerprint density at radius 2 is 1.67 bits per heavy atom. The molecule has 0 aromatic rings. The number of rotatable bonds is 1. The Labute approximate surface area is 43.7 Å². The molecule has 0 aliphatic rings. The van der Waals surface area contributed by atoms with E-state index < -0.39 is 0 Å². The molecule has 3 nitrogen and oxygen atoms in total. The third-order valence-electron chi connectivity index (χ3n) is 0.236. The highest BCUT2D eigenvalue weighted by molar-refractivity contribution is 9.19. The Morgan fingerprint density at radius 1 is 1.50 bits per heavy atom. The van der Waals surface area contributed by atoms with Crippen LogP contribution in [0, 0.1) is 10.8 Å². The Bertz CT molecular complexity index is 74.8. The maximum atomic E-state index is 6.52. The highest BCUT2D eigenvalue weighted by Crippen LogP contribution is 1.79. The zero-order valence-corrected chi connectivity index (χ0v) is 4.54. The number of hydrogen-bond acceptors (Lipinski definition) is 2. The quantitative estimate of drug-likeness (QED) is 0.364. The summed E-state index contributed by atoms with van der Waals surface area (Å²) in [5.74, 6) is -0.241. The van der Waals surface area contributed by atoms with Gasteiger partial charge in [0.15, 0.2) is 0 Å². The highest BCUT2D eigenvalue weighted by atomic mass is 79.9. The van der Waals surface area contributed by atoms with Gasteiger partial charge >= 0.3 is 0 Å². The SMILES string of the molecule is N=C(N)C(=N)Br. The van der Waals surface area contributed by atoms with Gasteiger partial charge in [-0.05, 0) is 15.9 Å². The number of hydrogen-bond donors (Lipinski definition) is 3. The van der Waals surface area contributed by atoms with Crippen molar-refractivity contribution in [3.05, 3.63) is 0 Å². The largest absolute Gasteiger partial charge is 0.382 e. The smallest absolute Gasteiger partial charge is 0.148 e. The molecular formula is C2H4BrN3. The van der Waals surface area contributed by atoms with Crippen LogP contribution in [0.15, 0.2) is 0 Å². The van der Waals surface area contributed by atoms with E-state index in [1.165, 1.54) is 0 Å². The predicted molar refractivity (Wildman–Crippen MR) is 28.6 cm³/mol. The van der Waals surface area contributed by atoms with Crippen LogP contribution in [-0.2, 0) is 0 Å². The molecule has 0 aromatic carbocycles. The van der Waals surface area contributed by atoms with Crippen LogP contribution < -0.4 is 5.73 Å². The van der Waals surface area contributed by atoms with E-state index in [0.717, 1.165) is 0 Å². The fraction of sp³-hybridized carbons (Fsp3) is 0. The third kappa shape index (κ3) is 1.90. The monoisotopic (exact) mass is 149 g/mol. The van der Waals surface area contributed by atoms with Gasteiger partial charge in [0.1, 0.15) is 10.5 Å². The number of nitrogens with two attached hydrogens (primary N) is 1. The molecule has 0 spiro atoms. The molecule has 0 saturated heterocycles. The van der Waals surface area contributed by atoms with Crippen molar-refractivity contribution < 1.29 is 0 Å². The molecule has 34 valence electrons. The molecule has 0 aliphatic carbocycles. The molecular weight excluding hydrogens is 146 g/mol. The van der Waals surface area contributed by atoms with Crippen LogP contribution in [0.1, 0.15) is 0 Å². The van der Waals surface area contributed by atoms with E-state index >= 15 is 0 Å². The molecule has 0 atom stereocenters. The van der Waals surface area contributed by atoms with Crippen molar-refractivity contribution in [1.29, 1.82) is 10.8 Å². The summed E-state index contributed by atoms with van der Waals surface area (Å²) >= 11 is 2.67. The molecule has 0 amide bonds. The normalized spacial score (nSPS) is 7.50. The first kappa shape index (κ1) is 5.62. The Hall–Kier alpha value is -0.380. The lowest BCUT2D eigenvalue weighted by atomic mass is 10.7. The predicted octanol–water partition coefficient (Wildman–Crippen LogP) is 0.295. The molecule has 0 bridgehead atoms. The number of halogens is 1. The maximum Gasteiger partial charge on any atom is 0.148 e. The van der Waals surface area contributed by atoms with Crippen molar-refractivity contribution in [2.45, 2.75) is 0 Å². The molecule has 0 aromatic heterocycles. The van der Waals surface area contributed by atoms with Crippen molar-refractivity contribution in [2.24, 2.45) is 5.73 Å². The average molecular weight is 150 g/mol. The lowest BCUT2D eigenvalue weighted by molar-refractivity contribution is 1.46. The van der Waals surface area contributed by atoms with E-state index in [9.17, 15) is 0 Å². The van der Waals surface area contributed by atoms with E-state index in [1.807, 2.05) is 0 Å². The van der Waals surface area contributed by atoms with Crippen LogP contribution in [0.5, 0.6) is 0 Å².